The number of amides is 8. The van der Waals surface area contributed by atoms with Crippen LogP contribution in [0.25, 0.3) is 0 Å². The third-order valence-electron chi connectivity index (χ3n) is 21.7. The van der Waals surface area contributed by atoms with Crippen LogP contribution in [0.15, 0.2) is 126 Å². The highest BCUT2D eigenvalue weighted by atomic mass is 35.5. The molecule has 10 rings (SSSR count). The zero-order valence-corrected chi connectivity index (χ0v) is 64.2. The Labute approximate surface area is 625 Å². The Morgan fingerprint density at radius 1 is 0.590 bits per heavy atom. The number of nitrogens with zero attached hydrogens (tertiary/aromatic N) is 3. The van der Waals surface area contributed by atoms with E-state index in [-0.39, 0.29) is 84.3 Å². The lowest BCUT2D eigenvalue weighted by molar-refractivity contribution is -0.145. The topological polar surface area (TPSA) is 356 Å². The number of urea groups is 1. The summed E-state index contributed by atoms with van der Waals surface area (Å²) in [6.45, 7) is 28.8. The van der Waals surface area contributed by atoms with Crippen molar-refractivity contribution >= 4 is 65.7 Å². The van der Waals surface area contributed by atoms with E-state index in [0.717, 1.165) is 47.9 Å². The molecular formula is C80H113ClN10O14. The third-order valence-corrected chi connectivity index (χ3v) is 21.7. The van der Waals surface area contributed by atoms with Gasteiger partial charge in [-0.15, -0.1) is 12.4 Å². The number of rotatable bonds is 31. The summed E-state index contributed by atoms with van der Waals surface area (Å²) in [7, 11) is 0. The number of hydrogen-bond acceptors (Lipinski definition) is 16. The summed E-state index contributed by atoms with van der Waals surface area (Å²) in [6.07, 6.45) is 3.91. The van der Waals surface area contributed by atoms with Gasteiger partial charge in [0.2, 0.25) is 41.4 Å². The van der Waals surface area contributed by atoms with Crippen LogP contribution in [0.1, 0.15) is 170 Å². The van der Waals surface area contributed by atoms with Crippen molar-refractivity contribution in [2.45, 2.75) is 214 Å². The molecule has 4 aromatic rings. The van der Waals surface area contributed by atoms with Gasteiger partial charge in [0.25, 0.3) is 5.91 Å². The number of aliphatic hydroxyl groups is 1. The number of halogens is 1. The van der Waals surface area contributed by atoms with E-state index >= 15 is 0 Å². The highest BCUT2D eigenvalue weighted by Crippen LogP contribution is 2.66. The van der Waals surface area contributed by atoms with Crippen molar-refractivity contribution in [1.29, 1.82) is 0 Å². The molecule has 13 atom stereocenters. The number of ketones is 1. The zero-order valence-electron chi connectivity index (χ0n) is 63.4. The summed E-state index contributed by atoms with van der Waals surface area (Å²) in [4.78, 5) is 122. The average Bonchev–Trinajstić information content (AvgIpc) is 1.53. The Morgan fingerprint density at radius 3 is 1.43 bits per heavy atom. The van der Waals surface area contributed by atoms with Crippen molar-refractivity contribution in [3.63, 3.8) is 0 Å². The van der Waals surface area contributed by atoms with Crippen LogP contribution in [0.3, 0.4) is 0 Å². The fraction of sp³-hybridized carbons (Fsp3) is 0.588. The van der Waals surface area contributed by atoms with Gasteiger partial charge in [-0.3, -0.25) is 33.6 Å². The van der Waals surface area contributed by atoms with Gasteiger partial charge in [-0.1, -0.05) is 216 Å². The van der Waals surface area contributed by atoms with Crippen molar-refractivity contribution in [3.8, 4) is 0 Å². The molecule has 0 radical (unpaired) electrons. The van der Waals surface area contributed by atoms with Gasteiger partial charge in [0.05, 0.1) is 42.4 Å². The molecule has 9 unspecified atom stereocenters. The molecule has 4 saturated carbocycles. The molecule has 6 fully saturated rings. The van der Waals surface area contributed by atoms with E-state index in [9.17, 15) is 48.3 Å². The van der Waals surface area contributed by atoms with Gasteiger partial charge in [0.15, 0.2) is 6.10 Å². The summed E-state index contributed by atoms with van der Waals surface area (Å²) in [5.41, 5.74) is 17.6. The molecule has 8 amide bonds. The normalized spacial score (nSPS) is 22.3. The van der Waals surface area contributed by atoms with Gasteiger partial charge >= 0.3 is 6.03 Å². The fourth-order valence-electron chi connectivity index (χ4n) is 14.9. The molecule has 105 heavy (non-hydrogen) atoms. The first-order valence-corrected chi connectivity index (χ1v) is 36.3. The van der Waals surface area contributed by atoms with Crippen molar-refractivity contribution in [1.82, 2.24) is 31.1 Å². The number of aliphatic imine (C=N–C) groups is 1. The standard InChI is InChI=1S/C40H55N5O7.C21H36N4O4.C19H21NO3.ClH/c1-38(2,3)32(36(49)45-21-27-29(39(27,4)5)30(45)35(48)42-28(20-24-18-19-24)31(46)34(41)47)43-37(50)44-40(6,7)33(26-16-12-9-13-17-26)52-23-51-22-25-14-10-8-11-15-25;1-20(2,3)16(22)19(29)25-9-11-13(21(11,4)5)14(25)18(28)24-12(8-10-6-7-10)15(26)17(23)27;1-19(2,20-14-21)18(17-11-7-4-8-12-17)23-15-22-13-16-9-5-3-6-10-16;/h8-17,24,27-30,32-33H,18-23H2,1-7H3,(H2,41,47)(H,42,48)(H2,43,44,50);10-16,26H,6-9,22H2,1-5H3,(H2,23,27)(H,24,28);3-12,18H,13,15H2,1-2H3;1H/t27?,28?,29?,30-,32+,33?;11?,12?,13?,14-,15?,16+;;/m00../s1. The molecule has 4 aromatic carbocycles. The molecule has 25 heteroatoms. The van der Waals surface area contributed by atoms with Crippen LogP contribution < -0.4 is 38.5 Å². The Morgan fingerprint density at radius 2 is 1.01 bits per heavy atom. The van der Waals surface area contributed by atoms with Crippen LogP contribution in [0.5, 0.6) is 0 Å². The summed E-state index contributed by atoms with van der Waals surface area (Å²) >= 11 is 0. The number of Topliss-reactive ketones (excluding diaryl/α,β-unsaturated/α-hetero) is 1. The number of ether oxygens (including phenoxy) is 4. The number of primary amides is 2. The van der Waals surface area contributed by atoms with Crippen LogP contribution in [0.2, 0.25) is 0 Å². The maximum Gasteiger partial charge on any atom is 0.315 e. The number of hydrogen-bond donors (Lipinski definition) is 8. The summed E-state index contributed by atoms with van der Waals surface area (Å²) in [5, 5.41) is 21.8. The predicted octanol–water partition coefficient (Wildman–Crippen LogP) is 8.66. The minimum absolute atomic E-state index is 0. The van der Waals surface area contributed by atoms with Gasteiger partial charge in [0.1, 0.15) is 43.9 Å². The molecule has 11 N–H and O–H groups in total. The fourth-order valence-corrected chi connectivity index (χ4v) is 14.9. The molecule has 2 saturated heterocycles. The van der Waals surface area contributed by atoms with E-state index in [0.29, 0.717) is 45.1 Å². The predicted molar refractivity (Wildman–Crippen MR) is 399 cm³/mol. The third kappa shape index (κ3) is 21.9. The molecule has 6 aliphatic rings. The van der Waals surface area contributed by atoms with Crippen LogP contribution in [0.4, 0.5) is 4.79 Å². The SMILES string of the molecule is CC(C)(N=C=O)C(OCOCc1ccccc1)c1ccccc1.CC(C)(NC(=O)N[C@H](C(=O)N1CC2C([C@H]1C(=O)NC(CC1CC1)C(=O)C(N)=O)C2(C)C)C(C)(C)C)C(OCOCc1ccccc1)c1ccccc1.CC1(C)C2CN(C(=O)[C@@H](N)C(C)(C)C)[C@H](C(=O)NC(CC3CC3)C(O)C(N)=O)C21.Cl. The van der Waals surface area contributed by atoms with Gasteiger partial charge in [-0.05, 0) is 120 Å². The number of carbonyl (C=O) groups excluding carboxylic acids is 9. The number of isocyanates is 1. The monoisotopic (exact) mass is 1470 g/mol. The van der Waals surface area contributed by atoms with E-state index in [1.165, 1.54) is 0 Å². The second-order valence-corrected chi connectivity index (χ2v) is 33.5. The number of carbonyl (C=O) groups is 8. The van der Waals surface area contributed by atoms with E-state index in [2.05, 4.69) is 54.0 Å². The Balaban J connectivity index is 0.000000244. The van der Waals surface area contributed by atoms with Crippen molar-refractivity contribution in [2.24, 2.45) is 79.4 Å². The molecule has 0 bridgehead atoms. The highest BCUT2D eigenvalue weighted by Gasteiger charge is 2.71. The molecule has 2 heterocycles. The van der Waals surface area contributed by atoms with Crippen LogP contribution >= 0.6 is 12.4 Å². The molecule has 0 spiro atoms. The first-order valence-electron chi connectivity index (χ1n) is 36.3. The first-order chi connectivity index (χ1) is 48.8. The molecule has 24 nitrogen and oxygen atoms in total. The largest absolute Gasteiger partial charge is 0.381 e. The smallest absolute Gasteiger partial charge is 0.315 e. The van der Waals surface area contributed by atoms with Crippen LogP contribution in [-0.4, -0.2) is 148 Å². The van der Waals surface area contributed by atoms with E-state index < -0.39 is 106 Å². The van der Waals surface area contributed by atoms with Crippen molar-refractivity contribution in [2.75, 3.05) is 26.7 Å². The van der Waals surface area contributed by atoms with E-state index in [1.54, 1.807) is 15.9 Å². The summed E-state index contributed by atoms with van der Waals surface area (Å²) in [5.74, 6) is -3.37. The maximum atomic E-state index is 14.5. The van der Waals surface area contributed by atoms with Crippen molar-refractivity contribution < 1.29 is 67.2 Å². The van der Waals surface area contributed by atoms with E-state index in [4.69, 9.17) is 36.1 Å². The zero-order chi connectivity index (χ0) is 76.4. The van der Waals surface area contributed by atoms with Crippen molar-refractivity contribution in [3.05, 3.63) is 144 Å². The van der Waals surface area contributed by atoms with Gasteiger partial charge in [0, 0.05) is 13.1 Å². The minimum atomic E-state index is -1.44. The quantitative estimate of drug-likeness (QED) is 0.00768. The average molecular weight is 1470 g/mol. The number of piperidine rings is 2. The molecule has 2 aliphatic heterocycles. The number of fused-ring (bicyclic) bond motifs is 2. The molecule has 4 aliphatic carbocycles. The van der Waals surface area contributed by atoms with Gasteiger partial charge in [-0.25, -0.2) is 9.59 Å². The maximum absolute atomic E-state index is 14.5. The molecule has 0 aromatic heterocycles. The second-order valence-electron chi connectivity index (χ2n) is 33.5. The van der Waals surface area contributed by atoms with Crippen LogP contribution in [-0.2, 0) is 70.5 Å². The Bertz CT molecular complexity index is 3670. The number of benzene rings is 4. The van der Waals surface area contributed by atoms with Gasteiger partial charge < -0.3 is 72.3 Å². The lowest BCUT2D eigenvalue weighted by Crippen LogP contribution is -2.63. The number of nitrogens with one attached hydrogen (secondary N) is 4. The van der Waals surface area contributed by atoms with E-state index in [1.807, 2.05) is 191 Å². The van der Waals surface area contributed by atoms with Gasteiger partial charge in [-0.2, -0.15) is 4.99 Å². The lowest BCUT2D eigenvalue weighted by Gasteiger charge is -2.39. The summed E-state index contributed by atoms with van der Waals surface area (Å²) in [6, 6.07) is 33.3. The molecular weight excluding hydrogens is 1360 g/mol. The number of aliphatic hydroxyl groups excluding tert-OH is 1. The summed E-state index contributed by atoms with van der Waals surface area (Å²) < 4.78 is 23.5. The first kappa shape index (κ1) is 84.3. The second kappa shape index (κ2) is 35.2. The lowest BCUT2D eigenvalue weighted by atomic mass is 9.85. The minimum Gasteiger partial charge on any atom is -0.381 e. The highest BCUT2D eigenvalue weighted by molar-refractivity contribution is 6.37. The number of likely N-dealkylation sites (tertiary alicyclic amines) is 2. The molecule has 574 valence electrons. The van der Waals surface area contributed by atoms with Crippen LogP contribution in [0, 0.1) is 57.2 Å². The number of nitrogens with two attached hydrogens (primary N) is 3. The Kier molecular flexibility index (Phi) is 28.3. The Hall–Kier alpha value is -7.93.